The standard InChI is InChI=1S/C17H23NO5/c1-10-13(17(21)22-2)8-12(23-10)9-18-14-6-4-3-5-11(14)7-15(18)16(19)20/h8,11,14-15H,3-7,9H2,1-2H3,(H,19,20). The topological polar surface area (TPSA) is 80.0 Å². The van der Waals surface area contributed by atoms with Gasteiger partial charge in [0.05, 0.1) is 13.7 Å². The molecule has 0 bridgehead atoms. The Balaban J connectivity index is 1.82. The van der Waals surface area contributed by atoms with E-state index in [0.29, 0.717) is 42.0 Å². The Hall–Kier alpha value is -1.82. The van der Waals surface area contributed by atoms with Crippen LogP contribution in [0.3, 0.4) is 0 Å². The Morgan fingerprint density at radius 3 is 2.83 bits per heavy atom. The molecule has 3 atom stereocenters. The molecule has 2 aliphatic rings. The summed E-state index contributed by atoms with van der Waals surface area (Å²) in [5, 5.41) is 9.55. The van der Waals surface area contributed by atoms with Crippen LogP contribution in [0.25, 0.3) is 0 Å². The van der Waals surface area contributed by atoms with Gasteiger partial charge in [-0.05, 0) is 38.2 Å². The number of hydrogen-bond donors (Lipinski definition) is 1. The second kappa shape index (κ2) is 6.35. The van der Waals surface area contributed by atoms with E-state index in [4.69, 9.17) is 9.15 Å². The van der Waals surface area contributed by atoms with Gasteiger partial charge < -0.3 is 14.3 Å². The zero-order valence-corrected chi connectivity index (χ0v) is 13.6. The number of fused-ring (bicyclic) bond motifs is 1. The summed E-state index contributed by atoms with van der Waals surface area (Å²) in [6.07, 6.45) is 5.19. The number of carbonyl (C=O) groups is 2. The fourth-order valence-electron chi connectivity index (χ4n) is 4.14. The van der Waals surface area contributed by atoms with Gasteiger partial charge in [0.1, 0.15) is 23.1 Å². The normalized spacial score (nSPS) is 27.7. The number of rotatable bonds is 4. The lowest BCUT2D eigenvalue weighted by atomic mass is 9.85. The smallest absolute Gasteiger partial charge is 0.341 e. The molecule has 1 N–H and O–H groups in total. The average Bonchev–Trinajstić information content (AvgIpc) is 3.08. The van der Waals surface area contributed by atoms with Crippen LogP contribution in [-0.2, 0) is 16.1 Å². The van der Waals surface area contributed by atoms with Crippen molar-refractivity contribution in [3.8, 4) is 0 Å². The van der Waals surface area contributed by atoms with Crippen LogP contribution in [0, 0.1) is 12.8 Å². The highest BCUT2D eigenvalue weighted by Gasteiger charge is 2.45. The lowest BCUT2D eigenvalue weighted by Crippen LogP contribution is -2.41. The summed E-state index contributed by atoms with van der Waals surface area (Å²) in [6, 6.07) is 1.52. The van der Waals surface area contributed by atoms with Gasteiger partial charge in [-0.3, -0.25) is 9.69 Å². The van der Waals surface area contributed by atoms with E-state index in [1.807, 2.05) is 4.90 Å². The minimum absolute atomic E-state index is 0.303. The van der Waals surface area contributed by atoms with Crippen molar-refractivity contribution in [2.45, 2.75) is 57.7 Å². The highest BCUT2D eigenvalue weighted by Crippen LogP contribution is 2.40. The van der Waals surface area contributed by atoms with E-state index in [9.17, 15) is 14.7 Å². The Morgan fingerprint density at radius 1 is 1.39 bits per heavy atom. The van der Waals surface area contributed by atoms with Crippen molar-refractivity contribution in [3.05, 3.63) is 23.2 Å². The average molecular weight is 321 g/mol. The van der Waals surface area contributed by atoms with Crippen molar-refractivity contribution in [1.82, 2.24) is 4.90 Å². The molecule has 1 saturated heterocycles. The van der Waals surface area contributed by atoms with Crippen LogP contribution in [0.4, 0.5) is 0 Å². The fourth-order valence-corrected chi connectivity index (χ4v) is 4.14. The van der Waals surface area contributed by atoms with E-state index in [1.165, 1.54) is 13.5 Å². The van der Waals surface area contributed by atoms with Crippen molar-refractivity contribution in [2.24, 2.45) is 5.92 Å². The number of carbonyl (C=O) groups excluding carboxylic acids is 1. The molecule has 3 unspecified atom stereocenters. The molecule has 1 aromatic heterocycles. The van der Waals surface area contributed by atoms with Gasteiger partial charge in [-0.1, -0.05) is 12.8 Å². The molecule has 6 heteroatoms. The van der Waals surface area contributed by atoms with Gasteiger partial charge in [-0.25, -0.2) is 4.79 Å². The van der Waals surface area contributed by atoms with Gasteiger partial charge in [0.25, 0.3) is 0 Å². The molecule has 1 aromatic rings. The zero-order chi connectivity index (χ0) is 16.6. The predicted molar refractivity (Wildman–Crippen MR) is 82.1 cm³/mol. The van der Waals surface area contributed by atoms with Gasteiger partial charge in [0.2, 0.25) is 0 Å². The van der Waals surface area contributed by atoms with Crippen molar-refractivity contribution >= 4 is 11.9 Å². The summed E-state index contributed by atoms with van der Waals surface area (Å²) in [6.45, 7) is 2.15. The molecule has 0 radical (unpaired) electrons. The number of methoxy groups -OCH3 is 1. The molecule has 0 spiro atoms. The molecule has 2 fully saturated rings. The number of carboxylic acid groups (broad SMARTS) is 1. The number of carboxylic acids is 1. The van der Waals surface area contributed by atoms with Crippen LogP contribution in [0.5, 0.6) is 0 Å². The third kappa shape index (κ3) is 3.00. The molecule has 0 aromatic carbocycles. The second-order valence-electron chi connectivity index (χ2n) is 6.55. The first-order valence-corrected chi connectivity index (χ1v) is 8.17. The third-order valence-corrected chi connectivity index (χ3v) is 5.22. The number of esters is 1. The van der Waals surface area contributed by atoms with Crippen molar-refractivity contribution < 1.29 is 23.8 Å². The number of furan rings is 1. The van der Waals surface area contributed by atoms with Crippen LogP contribution in [-0.4, -0.2) is 41.1 Å². The summed E-state index contributed by atoms with van der Waals surface area (Å²) in [5.41, 5.74) is 0.411. The highest BCUT2D eigenvalue weighted by molar-refractivity contribution is 5.90. The SMILES string of the molecule is COC(=O)c1cc(CN2C(C(=O)O)CC3CCCCC32)oc1C. The molecule has 1 aliphatic heterocycles. The fraction of sp³-hybridized carbons (Fsp3) is 0.647. The maximum atomic E-state index is 11.7. The maximum Gasteiger partial charge on any atom is 0.341 e. The first-order chi connectivity index (χ1) is 11.0. The van der Waals surface area contributed by atoms with E-state index in [2.05, 4.69) is 0 Å². The van der Waals surface area contributed by atoms with Gasteiger partial charge in [-0.2, -0.15) is 0 Å². The summed E-state index contributed by atoms with van der Waals surface area (Å²) < 4.78 is 10.4. The number of hydrogen-bond acceptors (Lipinski definition) is 5. The van der Waals surface area contributed by atoms with Gasteiger partial charge in [0, 0.05) is 6.04 Å². The number of aryl methyl sites for hydroxylation is 1. The molecule has 2 heterocycles. The predicted octanol–water partition coefficient (Wildman–Crippen LogP) is 2.59. The highest BCUT2D eigenvalue weighted by atomic mass is 16.5. The summed E-state index contributed by atoms with van der Waals surface area (Å²) in [4.78, 5) is 25.4. The first kappa shape index (κ1) is 16.1. The Labute approximate surface area is 135 Å². The maximum absolute atomic E-state index is 11.7. The second-order valence-corrected chi connectivity index (χ2v) is 6.55. The zero-order valence-electron chi connectivity index (χ0n) is 13.6. The van der Waals surface area contributed by atoms with Crippen LogP contribution in [0.1, 0.15) is 54.0 Å². The van der Waals surface area contributed by atoms with E-state index >= 15 is 0 Å². The third-order valence-electron chi connectivity index (χ3n) is 5.22. The minimum Gasteiger partial charge on any atom is -0.480 e. The molecule has 3 rings (SSSR count). The van der Waals surface area contributed by atoms with Crippen LogP contribution in [0.2, 0.25) is 0 Å². The molecule has 23 heavy (non-hydrogen) atoms. The van der Waals surface area contributed by atoms with Crippen LogP contribution in [0.15, 0.2) is 10.5 Å². The molecule has 1 saturated carbocycles. The molecule has 126 valence electrons. The largest absolute Gasteiger partial charge is 0.480 e. The molecular weight excluding hydrogens is 298 g/mol. The number of likely N-dealkylation sites (tertiary alicyclic amines) is 1. The molecule has 0 amide bonds. The molecule has 1 aliphatic carbocycles. The lowest BCUT2D eigenvalue weighted by molar-refractivity contribution is -0.143. The van der Waals surface area contributed by atoms with E-state index in [0.717, 1.165) is 19.3 Å². The van der Waals surface area contributed by atoms with Gasteiger partial charge >= 0.3 is 11.9 Å². The number of aliphatic carboxylic acids is 1. The Kier molecular flexibility index (Phi) is 4.43. The molecule has 6 nitrogen and oxygen atoms in total. The number of nitrogens with zero attached hydrogens (tertiary/aromatic N) is 1. The van der Waals surface area contributed by atoms with Gasteiger partial charge in [0.15, 0.2) is 0 Å². The van der Waals surface area contributed by atoms with Crippen molar-refractivity contribution in [1.29, 1.82) is 0 Å². The summed E-state index contributed by atoms with van der Waals surface area (Å²) in [5.74, 6) is 0.402. The lowest BCUT2D eigenvalue weighted by Gasteiger charge is -2.32. The quantitative estimate of drug-likeness (QED) is 0.859. The van der Waals surface area contributed by atoms with E-state index < -0.39 is 18.0 Å². The van der Waals surface area contributed by atoms with Crippen LogP contribution >= 0.6 is 0 Å². The van der Waals surface area contributed by atoms with E-state index in [-0.39, 0.29) is 0 Å². The number of ether oxygens (including phenoxy) is 1. The van der Waals surface area contributed by atoms with E-state index in [1.54, 1.807) is 13.0 Å². The minimum atomic E-state index is -0.768. The monoisotopic (exact) mass is 321 g/mol. The molecular formula is C17H23NO5. The summed E-state index contributed by atoms with van der Waals surface area (Å²) >= 11 is 0. The van der Waals surface area contributed by atoms with Gasteiger partial charge in [-0.15, -0.1) is 0 Å². The summed E-state index contributed by atoms with van der Waals surface area (Å²) in [7, 11) is 1.34. The first-order valence-electron chi connectivity index (χ1n) is 8.17. The van der Waals surface area contributed by atoms with Crippen molar-refractivity contribution in [3.63, 3.8) is 0 Å². The van der Waals surface area contributed by atoms with Crippen molar-refractivity contribution in [2.75, 3.05) is 7.11 Å². The Bertz CT molecular complexity index is 608. The Morgan fingerprint density at radius 2 is 2.13 bits per heavy atom. The van der Waals surface area contributed by atoms with Crippen LogP contribution < -0.4 is 0 Å².